The first kappa shape index (κ1) is 26.4. The molecule has 2 atom stereocenters. The summed E-state index contributed by atoms with van der Waals surface area (Å²) in [7, 11) is 4.52. The number of carbonyl (C=O) groups is 2. The SMILES string of the molecule is CCOC(=O)[C@@H]1C(=O)NC(N2CCN(c3ccc(Cl)cc3)CC2)=N[C@H]1c1cc(OC)c(OC)c(OC)c1. The van der Waals surface area contributed by atoms with Crippen LogP contribution in [-0.2, 0) is 14.3 Å². The molecule has 0 aromatic heterocycles. The van der Waals surface area contributed by atoms with E-state index in [0.717, 1.165) is 18.8 Å². The van der Waals surface area contributed by atoms with Crippen LogP contribution in [0.15, 0.2) is 41.4 Å². The molecule has 0 saturated carbocycles. The van der Waals surface area contributed by atoms with E-state index in [-0.39, 0.29) is 6.61 Å². The maximum atomic E-state index is 13.3. The van der Waals surface area contributed by atoms with Gasteiger partial charge in [-0.1, -0.05) is 11.6 Å². The lowest BCUT2D eigenvalue weighted by molar-refractivity contribution is -0.153. The molecule has 2 aliphatic heterocycles. The second kappa shape index (κ2) is 11.6. The summed E-state index contributed by atoms with van der Waals surface area (Å²) in [6, 6.07) is 10.3. The van der Waals surface area contributed by atoms with Crippen LogP contribution in [0, 0.1) is 5.92 Å². The Morgan fingerprint density at radius 2 is 1.59 bits per heavy atom. The number of halogens is 1. The lowest BCUT2D eigenvalue weighted by atomic mass is 9.90. The molecule has 1 fully saturated rings. The molecule has 2 aromatic rings. The third-order valence-corrected chi connectivity index (χ3v) is 6.69. The predicted molar refractivity (Wildman–Crippen MR) is 140 cm³/mol. The number of guanidine groups is 1. The number of nitrogens with zero attached hydrogens (tertiary/aromatic N) is 3. The summed E-state index contributed by atoms with van der Waals surface area (Å²) in [5, 5.41) is 3.52. The smallest absolute Gasteiger partial charge is 0.321 e. The van der Waals surface area contributed by atoms with Crippen molar-refractivity contribution in [3.63, 3.8) is 0 Å². The van der Waals surface area contributed by atoms with Crippen molar-refractivity contribution in [2.45, 2.75) is 13.0 Å². The van der Waals surface area contributed by atoms with E-state index >= 15 is 0 Å². The normalized spacial score (nSPS) is 19.6. The van der Waals surface area contributed by atoms with E-state index in [2.05, 4.69) is 10.2 Å². The lowest BCUT2D eigenvalue weighted by Gasteiger charge is -2.39. The molecular weight excluding hydrogens is 500 g/mol. The molecule has 198 valence electrons. The van der Waals surface area contributed by atoms with E-state index in [1.165, 1.54) is 21.3 Å². The van der Waals surface area contributed by atoms with E-state index in [0.29, 0.717) is 46.9 Å². The van der Waals surface area contributed by atoms with Gasteiger partial charge >= 0.3 is 5.97 Å². The Morgan fingerprint density at radius 1 is 1.00 bits per heavy atom. The minimum Gasteiger partial charge on any atom is -0.493 e. The fourth-order valence-corrected chi connectivity index (χ4v) is 4.69. The van der Waals surface area contributed by atoms with Crippen molar-refractivity contribution in [2.75, 3.05) is 59.0 Å². The molecule has 1 amide bonds. The van der Waals surface area contributed by atoms with E-state index in [9.17, 15) is 9.59 Å². The van der Waals surface area contributed by atoms with Crippen LogP contribution in [0.5, 0.6) is 17.2 Å². The predicted octanol–water partition coefficient (Wildman–Crippen LogP) is 2.89. The van der Waals surface area contributed by atoms with E-state index < -0.39 is 23.8 Å². The molecule has 0 aliphatic carbocycles. The molecule has 0 bridgehead atoms. The first-order valence-electron chi connectivity index (χ1n) is 12.0. The number of rotatable bonds is 7. The average molecular weight is 531 g/mol. The molecule has 1 saturated heterocycles. The molecule has 2 aliphatic rings. The van der Waals surface area contributed by atoms with Crippen LogP contribution >= 0.6 is 11.6 Å². The Morgan fingerprint density at radius 3 is 2.14 bits per heavy atom. The molecule has 2 aromatic carbocycles. The van der Waals surface area contributed by atoms with Crippen LogP contribution in [0.25, 0.3) is 0 Å². The summed E-state index contributed by atoms with van der Waals surface area (Å²) in [6.45, 7) is 4.57. The minimum absolute atomic E-state index is 0.147. The highest BCUT2D eigenvalue weighted by atomic mass is 35.5. The fraction of sp³-hybridized carbons (Fsp3) is 0.423. The van der Waals surface area contributed by atoms with Crippen molar-refractivity contribution in [2.24, 2.45) is 10.9 Å². The second-order valence-electron chi connectivity index (χ2n) is 8.53. The zero-order chi connectivity index (χ0) is 26.5. The maximum absolute atomic E-state index is 13.3. The van der Waals surface area contributed by atoms with Crippen LogP contribution in [-0.4, -0.2) is 76.9 Å². The second-order valence-corrected chi connectivity index (χ2v) is 8.96. The Balaban J connectivity index is 1.65. The lowest BCUT2D eigenvalue weighted by Crippen LogP contribution is -2.57. The van der Waals surface area contributed by atoms with Crippen molar-refractivity contribution < 1.29 is 28.5 Å². The van der Waals surface area contributed by atoms with Gasteiger partial charge < -0.3 is 28.7 Å². The molecule has 0 unspecified atom stereocenters. The Kier molecular flexibility index (Phi) is 8.27. The number of amides is 1. The van der Waals surface area contributed by atoms with Gasteiger partial charge in [0.15, 0.2) is 17.4 Å². The van der Waals surface area contributed by atoms with Crippen molar-refractivity contribution in [3.05, 3.63) is 47.0 Å². The Hall–Kier alpha value is -3.66. The van der Waals surface area contributed by atoms with Crippen LogP contribution in [0.4, 0.5) is 5.69 Å². The number of carbonyl (C=O) groups excluding carboxylic acids is 2. The monoisotopic (exact) mass is 530 g/mol. The highest BCUT2D eigenvalue weighted by Crippen LogP contribution is 2.42. The quantitative estimate of drug-likeness (QED) is 0.431. The van der Waals surface area contributed by atoms with Crippen LogP contribution in [0.2, 0.25) is 5.02 Å². The third-order valence-electron chi connectivity index (χ3n) is 6.43. The van der Waals surface area contributed by atoms with Gasteiger partial charge in [0.1, 0.15) is 6.04 Å². The van der Waals surface area contributed by atoms with Gasteiger partial charge in [-0.2, -0.15) is 0 Å². The average Bonchev–Trinajstić information content (AvgIpc) is 2.92. The van der Waals surface area contributed by atoms with Crippen LogP contribution < -0.4 is 24.4 Å². The molecule has 0 radical (unpaired) electrons. The van der Waals surface area contributed by atoms with E-state index in [1.54, 1.807) is 19.1 Å². The molecule has 11 heteroatoms. The topological polar surface area (TPSA) is 102 Å². The molecule has 10 nitrogen and oxygen atoms in total. The first-order chi connectivity index (χ1) is 17.9. The van der Waals surface area contributed by atoms with Gasteiger partial charge in [0, 0.05) is 36.9 Å². The minimum atomic E-state index is -1.16. The molecule has 37 heavy (non-hydrogen) atoms. The number of hydrogen-bond acceptors (Lipinski definition) is 9. The number of piperazine rings is 1. The van der Waals surface area contributed by atoms with Gasteiger partial charge in [0.05, 0.1) is 27.9 Å². The Labute approximate surface area is 221 Å². The molecule has 2 heterocycles. The van der Waals surface area contributed by atoms with Gasteiger partial charge in [-0.25, -0.2) is 4.99 Å². The summed E-state index contributed by atoms with van der Waals surface area (Å²) in [6.07, 6.45) is 0. The van der Waals surface area contributed by atoms with Crippen LogP contribution in [0.3, 0.4) is 0 Å². The number of aliphatic imine (C=N–C) groups is 1. The summed E-state index contributed by atoms with van der Waals surface area (Å²) in [4.78, 5) is 35.2. The van der Waals surface area contributed by atoms with Gasteiger partial charge in [0.2, 0.25) is 17.6 Å². The van der Waals surface area contributed by atoms with Crippen molar-refractivity contribution in [1.29, 1.82) is 0 Å². The molecule has 1 N–H and O–H groups in total. The zero-order valence-corrected chi connectivity index (χ0v) is 22.1. The first-order valence-corrected chi connectivity index (χ1v) is 12.4. The van der Waals surface area contributed by atoms with E-state index in [1.807, 2.05) is 29.2 Å². The number of nitrogens with one attached hydrogen (secondary N) is 1. The van der Waals surface area contributed by atoms with E-state index in [4.69, 9.17) is 35.5 Å². The summed E-state index contributed by atoms with van der Waals surface area (Å²) < 4.78 is 21.6. The van der Waals surface area contributed by atoms with Crippen molar-refractivity contribution in [1.82, 2.24) is 10.2 Å². The van der Waals surface area contributed by atoms with Crippen LogP contribution in [0.1, 0.15) is 18.5 Å². The zero-order valence-electron chi connectivity index (χ0n) is 21.3. The largest absolute Gasteiger partial charge is 0.493 e. The number of anilines is 1. The molecule has 4 rings (SSSR count). The van der Waals surface area contributed by atoms with Gasteiger partial charge in [-0.05, 0) is 48.9 Å². The van der Waals surface area contributed by atoms with Crippen molar-refractivity contribution in [3.8, 4) is 17.2 Å². The van der Waals surface area contributed by atoms with Gasteiger partial charge in [-0.15, -0.1) is 0 Å². The highest BCUT2D eigenvalue weighted by molar-refractivity contribution is 6.30. The number of methoxy groups -OCH3 is 3. The van der Waals surface area contributed by atoms with Crippen molar-refractivity contribution >= 4 is 35.1 Å². The fourth-order valence-electron chi connectivity index (χ4n) is 4.57. The number of esters is 1. The highest BCUT2D eigenvalue weighted by Gasteiger charge is 2.43. The number of hydrogen-bond donors (Lipinski definition) is 1. The maximum Gasteiger partial charge on any atom is 0.321 e. The third kappa shape index (κ3) is 5.53. The van der Waals surface area contributed by atoms with Gasteiger partial charge in [0.25, 0.3) is 0 Å². The number of benzene rings is 2. The summed E-state index contributed by atoms with van der Waals surface area (Å²) in [5.41, 5.74) is 1.65. The Bertz CT molecular complexity index is 1140. The standard InChI is InChI=1S/C26H31ClN4O6/c1-5-37-25(33)21-22(16-14-19(34-2)23(36-4)20(15-16)35-3)28-26(29-24(21)32)31-12-10-30(11-13-31)18-8-6-17(27)7-9-18/h6-9,14-15,21-22H,5,10-13H2,1-4H3,(H,28,29,32)/t21-,22-/m0/s1. The summed E-state index contributed by atoms with van der Waals surface area (Å²) in [5.74, 6) is -0.653. The van der Waals surface area contributed by atoms with Gasteiger partial charge in [-0.3, -0.25) is 14.9 Å². The molecular formula is C26H31ClN4O6. The number of ether oxygens (including phenoxy) is 4. The molecule has 0 spiro atoms. The summed E-state index contributed by atoms with van der Waals surface area (Å²) >= 11 is 6.02.